The van der Waals surface area contributed by atoms with Crippen LogP contribution in [-0.4, -0.2) is 24.8 Å². The zero-order valence-corrected chi connectivity index (χ0v) is 19.0. The average Bonchev–Trinajstić information content (AvgIpc) is 3.43. The van der Waals surface area contributed by atoms with Crippen molar-refractivity contribution in [2.24, 2.45) is 10.2 Å². The van der Waals surface area contributed by atoms with Gasteiger partial charge in [-0.3, -0.25) is 15.0 Å². The smallest absolute Gasteiger partial charge is 0.337 e. The topological polar surface area (TPSA) is 121 Å². The molecule has 9 nitrogen and oxygen atoms in total. The lowest BCUT2D eigenvalue weighted by Crippen LogP contribution is -2.44. The highest BCUT2D eigenvalue weighted by Crippen LogP contribution is 2.48. The van der Waals surface area contributed by atoms with Gasteiger partial charge in [0.15, 0.2) is 5.78 Å². The van der Waals surface area contributed by atoms with Gasteiger partial charge in [0.25, 0.3) is 5.91 Å². The number of hydrogen-bond acceptors (Lipinski definition) is 6. The van der Waals surface area contributed by atoms with E-state index in [0.29, 0.717) is 39.4 Å². The zero-order chi connectivity index (χ0) is 24.5. The number of urea groups is 1. The number of ether oxygens (including phenoxy) is 1. The van der Waals surface area contributed by atoms with Crippen molar-refractivity contribution in [3.63, 3.8) is 0 Å². The fourth-order valence-electron chi connectivity index (χ4n) is 4.18. The third-order valence-electron chi connectivity index (χ3n) is 5.85. The molecule has 1 heterocycles. The fourth-order valence-corrected chi connectivity index (χ4v) is 4.18. The molecular weight excluding hydrogens is 446 g/mol. The van der Waals surface area contributed by atoms with Gasteiger partial charge in [-0.15, -0.1) is 0 Å². The second-order valence-corrected chi connectivity index (χ2v) is 8.11. The van der Waals surface area contributed by atoms with Gasteiger partial charge >= 0.3 is 6.03 Å². The molecule has 174 valence electrons. The molecule has 35 heavy (non-hydrogen) atoms. The summed E-state index contributed by atoms with van der Waals surface area (Å²) in [5, 5.41) is 11.2. The summed E-state index contributed by atoms with van der Waals surface area (Å²) in [4.78, 5) is 38.2. The Morgan fingerprint density at radius 1 is 0.971 bits per heavy atom. The minimum Gasteiger partial charge on any atom is -0.497 e. The molecule has 0 spiro atoms. The van der Waals surface area contributed by atoms with Crippen LogP contribution in [0.1, 0.15) is 43.4 Å². The van der Waals surface area contributed by atoms with Gasteiger partial charge in [0, 0.05) is 11.1 Å². The van der Waals surface area contributed by atoms with Crippen molar-refractivity contribution in [1.29, 1.82) is 0 Å². The zero-order valence-electron chi connectivity index (χ0n) is 19.0. The van der Waals surface area contributed by atoms with Gasteiger partial charge in [-0.25, -0.2) is 10.2 Å². The fraction of sp³-hybridized carbons (Fsp3) is 0.115. The molecule has 0 aromatic heterocycles. The maximum atomic E-state index is 13.4. The molecule has 5 rings (SSSR count). The van der Waals surface area contributed by atoms with Crippen LogP contribution in [0.3, 0.4) is 0 Å². The average molecular weight is 467 g/mol. The lowest BCUT2D eigenvalue weighted by atomic mass is 10.0. The van der Waals surface area contributed by atoms with E-state index in [2.05, 4.69) is 26.4 Å². The molecule has 0 saturated heterocycles. The monoisotopic (exact) mass is 467 g/mol. The standard InChI is InChI=1S/C26H21N5O4/c1-14-5-3-6-16(13-14)25(33)30-31-26(34)27-19-8-4-7-18-20(19)24(32)21-22(28-29-23(18)21)15-9-11-17(35-2)12-10-15/h3-13,23H,1-2H3,(H,30,33)(H2,27,31,34). The number of hydrogen-bond donors (Lipinski definition) is 3. The molecule has 2 aliphatic rings. The summed E-state index contributed by atoms with van der Waals surface area (Å²) in [6.07, 6.45) is 0. The number of nitrogens with zero attached hydrogens (tertiary/aromatic N) is 2. The summed E-state index contributed by atoms with van der Waals surface area (Å²) < 4.78 is 5.20. The first-order chi connectivity index (χ1) is 17.0. The Balaban J connectivity index is 1.35. The highest BCUT2D eigenvalue weighted by atomic mass is 16.5. The van der Waals surface area contributed by atoms with Crippen LogP contribution < -0.4 is 20.9 Å². The first kappa shape index (κ1) is 22.0. The summed E-state index contributed by atoms with van der Waals surface area (Å²) in [6.45, 7) is 1.87. The lowest BCUT2D eigenvalue weighted by molar-refractivity contribution is 0.0937. The summed E-state index contributed by atoms with van der Waals surface area (Å²) in [5.41, 5.74) is 9.08. The van der Waals surface area contributed by atoms with E-state index in [4.69, 9.17) is 4.74 Å². The van der Waals surface area contributed by atoms with Crippen molar-refractivity contribution < 1.29 is 19.1 Å². The van der Waals surface area contributed by atoms with Gasteiger partial charge in [0.1, 0.15) is 17.5 Å². The second-order valence-electron chi connectivity index (χ2n) is 8.11. The van der Waals surface area contributed by atoms with E-state index in [1.165, 1.54) is 0 Å². The van der Waals surface area contributed by atoms with E-state index in [1.54, 1.807) is 55.6 Å². The summed E-state index contributed by atoms with van der Waals surface area (Å²) in [7, 11) is 1.58. The van der Waals surface area contributed by atoms with Gasteiger partial charge in [0.05, 0.1) is 23.9 Å². The highest BCUT2D eigenvalue weighted by molar-refractivity contribution is 6.22. The molecular formula is C26H21N5O4. The van der Waals surface area contributed by atoms with Crippen LogP contribution in [0.25, 0.3) is 5.70 Å². The van der Waals surface area contributed by atoms with Gasteiger partial charge in [-0.2, -0.15) is 10.2 Å². The van der Waals surface area contributed by atoms with Crippen molar-refractivity contribution in [2.75, 3.05) is 12.4 Å². The van der Waals surface area contributed by atoms with Crippen molar-refractivity contribution in [2.45, 2.75) is 13.0 Å². The Morgan fingerprint density at radius 2 is 1.74 bits per heavy atom. The number of ketones is 1. The number of hydrazine groups is 1. The predicted molar refractivity (Wildman–Crippen MR) is 129 cm³/mol. The van der Waals surface area contributed by atoms with Crippen LogP contribution in [0.2, 0.25) is 0 Å². The van der Waals surface area contributed by atoms with Crippen LogP contribution in [0.4, 0.5) is 10.5 Å². The number of carbonyl (C=O) groups is 3. The Morgan fingerprint density at radius 3 is 2.49 bits per heavy atom. The first-order valence-electron chi connectivity index (χ1n) is 10.9. The lowest BCUT2D eigenvalue weighted by Gasteiger charge is -2.12. The molecule has 1 aliphatic carbocycles. The van der Waals surface area contributed by atoms with Crippen molar-refractivity contribution in [3.05, 3.63) is 100 Å². The quantitative estimate of drug-likeness (QED) is 0.486. The minimum absolute atomic E-state index is 0.250. The van der Waals surface area contributed by atoms with Crippen LogP contribution in [0.5, 0.6) is 5.75 Å². The van der Waals surface area contributed by atoms with Crippen molar-refractivity contribution in [3.8, 4) is 5.75 Å². The maximum absolute atomic E-state index is 13.4. The van der Waals surface area contributed by atoms with E-state index >= 15 is 0 Å². The molecule has 0 fully saturated rings. The molecule has 3 N–H and O–H groups in total. The molecule has 9 heteroatoms. The second kappa shape index (κ2) is 8.86. The molecule has 3 aromatic rings. The Hall–Kier alpha value is -4.79. The number of amides is 3. The molecule has 1 atom stereocenters. The molecule has 3 aromatic carbocycles. The van der Waals surface area contributed by atoms with Gasteiger partial charge in [0.2, 0.25) is 0 Å². The molecule has 1 unspecified atom stereocenters. The SMILES string of the molecule is COc1ccc(C2=C3C(=O)c4c(NC(=O)NNC(=O)c5cccc(C)c5)cccc4C3N=N2)cc1. The summed E-state index contributed by atoms with van der Waals surface area (Å²) in [5.74, 6) is -0.0122. The summed E-state index contributed by atoms with van der Waals surface area (Å²) in [6, 6.07) is 18.2. The maximum Gasteiger partial charge on any atom is 0.337 e. The number of azo groups is 1. The van der Waals surface area contributed by atoms with E-state index in [1.807, 2.05) is 25.1 Å². The van der Waals surface area contributed by atoms with E-state index in [0.717, 1.165) is 11.1 Å². The van der Waals surface area contributed by atoms with Crippen LogP contribution in [0.15, 0.2) is 82.5 Å². The number of methoxy groups -OCH3 is 1. The van der Waals surface area contributed by atoms with Crippen LogP contribution in [-0.2, 0) is 0 Å². The third-order valence-corrected chi connectivity index (χ3v) is 5.85. The normalized spacial score (nSPS) is 15.5. The molecule has 0 radical (unpaired) electrons. The number of benzene rings is 3. The number of carbonyl (C=O) groups excluding carboxylic acids is 3. The van der Waals surface area contributed by atoms with E-state index in [-0.39, 0.29) is 5.78 Å². The van der Waals surface area contributed by atoms with Crippen molar-refractivity contribution >= 4 is 29.1 Å². The molecule has 3 amide bonds. The molecule has 0 saturated carbocycles. The number of anilines is 1. The number of fused-ring (bicyclic) bond motifs is 3. The number of aryl methyl sites for hydroxylation is 1. The Labute approximate surface area is 200 Å². The van der Waals surface area contributed by atoms with Gasteiger partial charge in [-0.1, -0.05) is 29.8 Å². The number of Topliss-reactive ketones (excluding diaryl/α,β-unsaturated/α-hetero) is 1. The molecule has 0 bridgehead atoms. The van der Waals surface area contributed by atoms with Crippen LogP contribution in [0, 0.1) is 6.92 Å². The molecule has 1 aliphatic heterocycles. The summed E-state index contributed by atoms with van der Waals surface area (Å²) >= 11 is 0. The highest BCUT2D eigenvalue weighted by Gasteiger charge is 2.42. The Bertz CT molecular complexity index is 1430. The number of nitrogens with one attached hydrogen (secondary N) is 3. The minimum atomic E-state index is -0.685. The van der Waals surface area contributed by atoms with Crippen molar-refractivity contribution in [1.82, 2.24) is 10.9 Å². The van der Waals surface area contributed by atoms with Crippen LogP contribution >= 0.6 is 0 Å². The number of rotatable bonds is 4. The third kappa shape index (κ3) is 4.04. The predicted octanol–water partition coefficient (Wildman–Crippen LogP) is 4.58. The largest absolute Gasteiger partial charge is 0.497 e. The first-order valence-corrected chi connectivity index (χ1v) is 10.9. The Kier molecular flexibility index (Phi) is 5.58. The van der Waals surface area contributed by atoms with E-state index < -0.39 is 18.0 Å². The van der Waals surface area contributed by atoms with Gasteiger partial charge in [-0.05, 0) is 55.0 Å². The van der Waals surface area contributed by atoms with Gasteiger partial charge < -0.3 is 10.1 Å². The van der Waals surface area contributed by atoms with E-state index in [9.17, 15) is 14.4 Å².